The molecule has 0 spiro atoms. The second kappa shape index (κ2) is 6.42. The third-order valence-electron chi connectivity index (χ3n) is 3.18. The fourth-order valence-corrected chi connectivity index (χ4v) is 2.17. The summed E-state index contributed by atoms with van der Waals surface area (Å²) in [6.45, 7) is 4.43. The normalized spacial score (nSPS) is 23.9. The van der Waals surface area contributed by atoms with Crippen molar-refractivity contribution >= 4 is 11.9 Å². The number of allylic oxidation sites excluding steroid dienone is 1. The number of carboxylic acid groups (broad SMARTS) is 1. The molecule has 1 fully saturated rings. The fraction of sp³-hybridized carbons (Fsp3) is 0.692. The molecule has 0 unspecified atom stereocenters. The minimum absolute atomic E-state index is 0.0506. The van der Waals surface area contributed by atoms with Crippen LogP contribution >= 0.6 is 0 Å². The van der Waals surface area contributed by atoms with Crippen molar-refractivity contribution in [3.8, 4) is 0 Å². The first-order valence-electron chi connectivity index (χ1n) is 6.14. The topological polar surface area (TPSA) is 66.4 Å². The van der Waals surface area contributed by atoms with E-state index < -0.39 is 5.97 Å². The molecule has 0 radical (unpaired) electrons. The predicted molar refractivity (Wildman–Crippen MR) is 65.5 cm³/mol. The molecule has 1 rings (SSSR count). The van der Waals surface area contributed by atoms with Gasteiger partial charge in [0.15, 0.2) is 0 Å². The third kappa shape index (κ3) is 5.02. The predicted octanol–water partition coefficient (Wildman–Crippen LogP) is 1.96. The van der Waals surface area contributed by atoms with Crippen LogP contribution in [0.4, 0.5) is 0 Å². The lowest BCUT2D eigenvalue weighted by molar-refractivity contribution is -0.143. The molecule has 0 aliphatic heterocycles. The average Bonchev–Trinajstić information content (AvgIpc) is 2.26. The summed E-state index contributed by atoms with van der Waals surface area (Å²) in [7, 11) is 0. The first-order chi connectivity index (χ1) is 7.99. The Morgan fingerprint density at radius 3 is 2.29 bits per heavy atom. The Labute approximate surface area is 102 Å². The first kappa shape index (κ1) is 13.7. The maximum absolute atomic E-state index is 11.4. The Balaban J connectivity index is 2.25. The van der Waals surface area contributed by atoms with E-state index in [0.29, 0.717) is 12.5 Å². The maximum atomic E-state index is 11.4. The SMILES string of the molecule is CC(C)=CC(=O)NCC1CCC(C(=O)O)CC1. The van der Waals surface area contributed by atoms with E-state index in [1.54, 1.807) is 6.08 Å². The number of carbonyl (C=O) groups excluding carboxylic acids is 1. The Kier molecular flexibility index (Phi) is 5.19. The fourth-order valence-electron chi connectivity index (χ4n) is 2.17. The number of carbonyl (C=O) groups is 2. The number of carboxylic acids is 1. The highest BCUT2D eigenvalue weighted by atomic mass is 16.4. The second-order valence-electron chi connectivity index (χ2n) is 5.02. The van der Waals surface area contributed by atoms with Crippen LogP contribution in [0, 0.1) is 11.8 Å². The number of hydrogen-bond donors (Lipinski definition) is 2. The third-order valence-corrected chi connectivity index (χ3v) is 3.18. The number of nitrogens with one attached hydrogen (secondary N) is 1. The van der Waals surface area contributed by atoms with Crippen molar-refractivity contribution in [1.29, 1.82) is 0 Å². The summed E-state index contributed by atoms with van der Waals surface area (Å²) in [6.07, 6.45) is 4.85. The van der Waals surface area contributed by atoms with Crippen LogP contribution in [0.25, 0.3) is 0 Å². The molecule has 0 saturated heterocycles. The van der Waals surface area contributed by atoms with Crippen LogP contribution in [-0.2, 0) is 9.59 Å². The van der Waals surface area contributed by atoms with Crippen molar-refractivity contribution in [2.45, 2.75) is 39.5 Å². The molecule has 0 aromatic carbocycles. The lowest BCUT2D eigenvalue weighted by atomic mass is 9.82. The number of aliphatic carboxylic acids is 1. The minimum atomic E-state index is -0.683. The molecule has 2 N–H and O–H groups in total. The van der Waals surface area contributed by atoms with Crippen LogP contribution < -0.4 is 5.32 Å². The Morgan fingerprint density at radius 2 is 1.82 bits per heavy atom. The van der Waals surface area contributed by atoms with E-state index in [9.17, 15) is 9.59 Å². The van der Waals surface area contributed by atoms with Gasteiger partial charge in [0.2, 0.25) is 5.91 Å². The van der Waals surface area contributed by atoms with Crippen LogP contribution in [0.1, 0.15) is 39.5 Å². The van der Waals surface area contributed by atoms with E-state index >= 15 is 0 Å². The highest BCUT2D eigenvalue weighted by Crippen LogP contribution is 2.28. The standard InChI is InChI=1S/C13H21NO3/c1-9(2)7-12(15)14-8-10-3-5-11(6-4-10)13(16)17/h7,10-11H,3-6,8H2,1-2H3,(H,14,15)(H,16,17). The van der Waals surface area contributed by atoms with Crippen molar-refractivity contribution in [2.24, 2.45) is 11.8 Å². The maximum Gasteiger partial charge on any atom is 0.306 e. The van der Waals surface area contributed by atoms with Gasteiger partial charge in [-0.3, -0.25) is 9.59 Å². The lowest BCUT2D eigenvalue weighted by Gasteiger charge is -2.25. The zero-order valence-corrected chi connectivity index (χ0v) is 10.5. The summed E-state index contributed by atoms with van der Waals surface area (Å²) in [6, 6.07) is 0. The molecule has 0 aromatic rings. The zero-order valence-electron chi connectivity index (χ0n) is 10.5. The molecular formula is C13H21NO3. The van der Waals surface area contributed by atoms with Gasteiger partial charge in [-0.1, -0.05) is 5.57 Å². The van der Waals surface area contributed by atoms with E-state index in [2.05, 4.69) is 5.32 Å². The molecule has 0 aromatic heterocycles. The quantitative estimate of drug-likeness (QED) is 0.737. The largest absolute Gasteiger partial charge is 0.481 e. The molecule has 4 nitrogen and oxygen atoms in total. The average molecular weight is 239 g/mol. The van der Waals surface area contributed by atoms with E-state index in [1.165, 1.54) is 0 Å². The Hall–Kier alpha value is -1.32. The van der Waals surface area contributed by atoms with Gasteiger partial charge in [-0.15, -0.1) is 0 Å². The highest BCUT2D eigenvalue weighted by Gasteiger charge is 2.25. The summed E-state index contributed by atoms with van der Waals surface area (Å²) in [5.74, 6) is -0.484. The van der Waals surface area contributed by atoms with Gasteiger partial charge in [0.05, 0.1) is 5.92 Å². The molecule has 1 saturated carbocycles. The van der Waals surface area contributed by atoms with Gasteiger partial charge in [-0.05, 0) is 45.4 Å². The van der Waals surface area contributed by atoms with Gasteiger partial charge < -0.3 is 10.4 Å². The number of hydrogen-bond acceptors (Lipinski definition) is 2. The molecule has 4 heteroatoms. The van der Waals surface area contributed by atoms with E-state index in [1.807, 2.05) is 13.8 Å². The van der Waals surface area contributed by atoms with Crippen molar-refractivity contribution in [2.75, 3.05) is 6.54 Å². The van der Waals surface area contributed by atoms with Crippen molar-refractivity contribution in [3.63, 3.8) is 0 Å². The second-order valence-corrected chi connectivity index (χ2v) is 5.02. The molecule has 17 heavy (non-hydrogen) atoms. The summed E-state index contributed by atoms with van der Waals surface area (Å²) < 4.78 is 0. The van der Waals surface area contributed by atoms with Crippen LogP contribution in [0.15, 0.2) is 11.6 Å². The van der Waals surface area contributed by atoms with Crippen molar-refractivity contribution in [3.05, 3.63) is 11.6 Å². The van der Waals surface area contributed by atoms with Crippen LogP contribution in [-0.4, -0.2) is 23.5 Å². The van der Waals surface area contributed by atoms with Crippen LogP contribution in [0.3, 0.4) is 0 Å². The van der Waals surface area contributed by atoms with Gasteiger partial charge in [0.25, 0.3) is 0 Å². The summed E-state index contributed by atoms with van der Waals surface area (Å²) in [5.41, 5.74) is 0.983. The van der Waals surface area contributed by atoms with E-state index in [4.69, 9.17) is 5.11 Å². The van der Waals surface area contributed by atoms with Gasteiger partial charge in [-0.25, -0.2) is 0 Å². The van der Waals surface area contributed by atoms with Crippen molar-refractivity contribution in [1.82, 2.24) is 5.32 Å². The van der Waals surface area contributed by atoms with Crippen LogP contribution in [0.2, 0.25) is 0 Å². The van der Waals surface area contributed by atoms with Gasteiger partial charge in [-0.2, -0.15) is 0 Å². The first-order valence-corrected chi connectivity index (χ1v) is 6.14. The smallest absolute Gasteiger partial charge is 0.306 e. The number of amides is 1. The molecule has 0 heterocycles. The molecule has 0 bridgehead atoms. The van der Waals surface area contributed by atoms with Gasteiger partial charge >= 0.3 is 5.97 Å². The summed E-state index contributed by atoms with van der Waals surface area (Å²) in [4.78, 5) is 22.2. The van der Waals surface area contributed by atoms with E-state index in [0.717, 1.165) is 31.3 Å². The molecule has 96 valence electrons. The Morgan fingerprint density at radius 1 is 1.24 bits per heavy atom. The molecule has 1 aliphatic carbocycles. The monoisotopic (exact) mass is 239 g/mol. The minimum Gasteiger partial charge on any atom is -0.481 e. The molecule has 1 amide bonds. The molecule has 0 atom stereocenters. The number of rotatable bonds is 4. The highest BCUT2D eigenvalue weighted by molar-refractivity contribution is 5.87. The van der Waals surface area contributed by atoms with Gasteiger partial charge in [0, 0.05) is 12.6 Å². The molecule has 1 aliphatic rings. The van der Waals surface area contributed by atoms with Gasteiger partial charge in [0.1, 0.15) is 0 Å². The molecular weight excluding hydrogens is 218 g/mol. The van der Waals surface area contributed by atoms with Crippen molar-refractivity contribution < 1.29 is 14.7 Å². The van der Waals surface area contributed by atoms with Crippen LogP contribution in [0.5, 0.6) is 0 Å². The Bertz CT molecular complexity index is 311. The zero-order chi connectivity index (χ0) is 12.8. The summed E-state index contributed by atoms with van der Waals surface area (Å²) >= 11 is 0. The lowest BCUT2D eigenvalue weighted by Crippen LogP contribution is -2.31. The van der Waals surface area contributed by atoms with E-state index in [-0.39, 0.29) is 11.8 Å². The summed E-state index contributed by atoms with van der Waals surface area (Å²) in [5, 5.41) is 11.7.